The number of oxime groups is 1. The highest BCUT2D eigenvalue weighted by molar-refractivity contribution is 7.99. The molecule has 4 rings (SSSR count). The molecule has 1 atom stereocenters. The minimum absolute atomic E-state index is 0.0917. The van der Waals surface area contributed by atoms with Crippen LogP contribution in [-0.2, 0) is 19.1 Å². The minimum Gasteiger partial charge on any atom is -0.377 e. The lowest BCUT2D eigenvalue weighted by Crippen LogP contribution is -2.18. The number of fused-ring (bicyclic) bond motifs is 1. The zero-order valence-electron chi connectivity index (χ0n) is 18.8. The quantitative estimate of drug-likeness (QED) is 0.173. The standard InChI is InChI=1S/C26H25NO5S2/c1-3-18-12-14-19(15-13-18)25(27-32-34(2,29)30)26(28)23-10-4-9-22-21(23)8-5-11-24(22)33-17-20-7-6-16-31-20/h3-5,8-15,20H,1,6-7,16-17H2,2H3/b27-25+. The summed E-state index contributed by atoms with van der Waals surface area (Å²) in [6.45, 7) is 4.54. The van der Waals surface area contributed by atoms with Crippen molar-refractivity contribution in [3.63, 3.8) is 0 Å². The number of nitrogens with zero attached hydrogens (tertiary/aromatic N) is 1. The van der Waals surface area contributed by atoms with E-state index in [4.69, 9.17) is 4.74 Å². The van der Waals surface area contributed by atoms with E-state index in [1.807, 2.05) is 30.3 Å². The van der Waals surface area contributed by atoms with Crippen molar-refractivity contribution in [1.82, 2.24) is 0 Å². The van der Waals surface area contributed by atoms with Crippen molar-refractivity contribution in [2.45, 2.75) is 23.8 Å². The van der Waals surface area contributed by atoms with Gasteiger partial charge in [0.05, 0.1) is 12.4 Å². The van der Waals surface area contributed by atoms with Gasteiger partial charge in [0.15, 0.2) is 5.71 Å². The number of hydrogen-bond acceptors (Lipinski definition) is 7. The summed E-state index contributed by atoms with van der Waals surface area (Å²) in [4.78, 5) is 14.7. The van der Waals surface area contributed by atoms with Crippen molar-refractivity contribution < 1.29 is 22.2 Å². The second-order valence-corrected chi connectivity index (χ2v) is 10.6. The van der Waals surface area contributed by atoms with Gasteiger partial charge in [-0.3, -0.25) is 9.08 Å². The summed E-state index contributed by atoms with van der Waals surface area (Å²) in [7, 11) is -3.89. The Morgan fingerprint density at radius 1 is 1.15 bits per heavy atom. The number of carbonyl (C=O) groups is 1. The molecule has 1 unspecified atom stereocenters. The summed E-state index contributed by atoms with van der Waals surface area (Å²) in [5.41, 5.74) is 1.63. The molecule has 1 aliphatic rings. The van der Waals surface area contributed by atoms with Gasteiger partial charge in [-0.25, -0.2) is 0 Å². The number of thioether (sulfide) groups is 1. The molecular weight excluding hydrogens is 470 g/mol. The molecule has 1 heterocycles. The van der Waals surface area contributed by atoms with Gasteiger partial charge >= 0.3 is 10.1 Å². The molecule has 1 saturated heterocycles. The first-order valence-corrected chi connectivity index (χ1v) is 13.7. The predicted octanol–water partition coefficient (Wildman–Crippen LogP) is 5.32. The van der Waals surface area contributed by atoms with Crippen LogP contribution in [0.15, 0.2) is 77.3 Å². The maximum atomic E-state index is 13.7. The van der Waals surface area contributed by atoms with E-state index in [1.165, 1.54) is 0 Å². The maximum absolute atomic E-state index is 13.7. The van der Waals surface area contributed by atoms with Crippen LogP contribution in [0.3, 0.4) is 0 Å². The third-order valence-electron chi connectivity index (χ3n) is 5.47. The van der Waals surface area contributed by atoms with Gasteiger partial charge in [0.2, 0.25) is 5.78 Å². The van der Waals surface area contributed by atoms with Gasteiger partial charge in [0, 0.05) is 28.4 Å². The number of Topliss-reactive ketones (excluding diaryl/α,β-unsaturated/α-hetero) is 1. The lowest BCUT2D eigenvalue weighted by Gasteiger charge is -2.13. The highest BCUT2D eigenvalue weighted by Gasteiger charge is 2.22. The van der Waals surface area contributed by atoms with Crippen LogP contribution in [0.2, 0.25) is 0 Å². The smallest absolute Gasteiger partial charge is 0.325 e. The lowest BCUT2D eigenvalue weighted by molar-refractivity contribution is 0.106. The second kappa shape index (κ2) is 10.5. The van der Waals surface area contributed by atoms with Crippen LogP contribution in [0.5, 0.6) is 0 Å². The Bertz CT molecular complexity index is 1340. The number of ether oxygens (including phenoxy) is 1. The monoisotopic (exact) mass is 495 g/mol. The van der Waals surface area contributed by atoms with Crippen molar-refractivity contribution in [1.29, 1.82) is 0 Å². The van der Waals surface area contributed by atoms with Crippen LogP contribution in [0, 0.1) is 0 Å². The molecule has 34 heavy (non-hydrogen) atoms. The summed E-state index contributed by atoms with van der Waals surface area (Å²) in [5.74, 6) is 0.420. The van der Waals surface area contributed by atoms with Crippen LogP contribution in [0.4, 0.5) is 0 Å². The Kier molecular flexibility index (Phi) is 7.50. The molecule has 0 bridgehead atoms. The van der Waals surface area contributed by atoms with Crippen molar-refractivity contribution in [2.24, 2.45) is 5.16 Å². The molecular formula is C26H25NO5S2. The fourth-order valence-electron chi connectivity index (χ4n) is 3.80. The van der Waals surface area contributed by atoms with E-state index in [9.17, 15) is 13.2 Å². The SMILES string of the molecule is C=Cc1ccc(/C(=N\OS(C)(=O)=O)C(=O)c2cccc3c(SCC4CCCO4)cccc23)cc1. The van der Waals surface area contributed by atoms with Crippen LogP contribution < -0.4 is 0 Å². The Morgan fingerprint density at radius 2 is 1.88 bits per heavy atom. The third-order valence-corrected chi connectivity index (χ3v) is 7.03. The second-order valence-electron chi connectivity index (χ2n) is 7.98. The maximum Gasteiger partial charge on any atom is 0.325 e. The molecule has 0 aromatic heterocycles. The number of hydrogen-bond donors (Lipinski definition) is 0. The molecule has 0 aliphatic carbocycles. The highest BCUT2D eigenvalue weighted by atomic mass is 32.2. The summed E-state index contributed by atoms with van der Waals surface area (Å²) in [6, 6.07) is 18.3. The fraction of sp³-hybridized carbons (Fsp3) is 0.231. The van der Waals surface area contributed by atoms with E-state index in [0.717, 1.165) is 52.7 Å². The van der Waals surface area contributed by atoms with E-state index in [-0.39, 0.29) is 11.8 Å². The first kappa shape index (κ1) is 24.2. The fourth-order valence-corrected chi connectivity index (χ4v) is 5.14. The molecule has 176 valence electrons. The number of carbonyl (C=O) groups excluding carboxylic acids is 1. The molecule has 0 N–H and O–H groups in total. The molecule has 1 aliphatic heterocycles. The topological polar surface area (TPSA) is 82.0 Å². The Hall–Kier alpha value is -2.94. The molecule has 0 saturated carbocycles. The predicted molar refractivity (Wildman–Crippen MR) is 137 cm³/mol. The third kappa shape index (κ3) is 5.75. The van der Waals surface area contributed by atoms with E-state index < -0.39 is 15.9 Å². The largest absolute Gasteiger partial charge is 0.377 e. The van der Waals surface area contributed by atoms with E-state index in [0.29, 0.717) is 11.1 Å². The molecule has 1 fully saturated rings. The normalized spacial score (nSPS) is 16.5. The van der Waals surface area contributed by atoms with Gasteiger partial charge in [-0.15, -0.1) is 11.8 Å². The van der Waals surface area contributed by atoms with Crippen LogP contribution >= 0.6 is 11.8 Å². The summed E-state index contributed by atoms with van der Waals surface area (Å²) < 4.78 is 33.6. The Balaban J connectivity index is 1.73. The lowest BCUT2D eigenvalue weighted by atomic mass is 9.95. The van der Waals surface area contributed by atoms with Gasteiger partial charge in [-0.1, -0.05) is 72.4 Å². The van der Waals surface area contributed by atoms with Crippen LogP contribution in [-0.4, -0.2) is 44.6 Å². The zero-order valence-corrected chi connectivity index (χ0v) is 20.4. The summed E-state index contributed by atoms with van der Waals surface area (Å²) in [5, 5.41) is 5.46. The molecule has 6 nitrogen and oxygen atoms in total. The molecule has 0 radical (unpaired) electrons. The van der Waals surface area contributed by atoms with Gasteiger partial charge in [-0.2, -0.15) is 8.42 Å². The molecule has 0 spiro atoms. The van der Waals surface area contributed by atoms with Crippen LogP contribution in [0.1, 0.15) is 34.3 Å². The average molecular weight is 496 g/mol. The molecule has 3 aromatic carbocycles. The van der Waals surface area contributed by atoms with Crippen molar-refractivity contribution >= 4 is 50.2 Å². The average Bonchev–Trinajstić information content (AvgIpc) is 3.35. The molecule has 8 heteroatoms. The Labute approximate surface area is 203 Å². The number of benzene rings is 3. The zero-order chi connectivity index (χ0) is 24.1. The summed E-state index contributed by atoms with van der Waals surface area (Å²) in [6.07, 6.45) is 4.96. The first-order valence-electron chi connectivity index (χ1n) is 10.9. The van der Waals surface area contributed by atoms with Gasteiger partial charge in [0.1, 0.15) is 0 Å². The number of ketones is 1. The molecule has 3 aromatic rings. The van der Waals surface area contributed by atoms with Crippen LogP contribution in [0.25, 0.3) is 16.8 Å². The van der Waals surface area contributed by atoms with Crippen molar-refractivity contribution in [3.05, 3.63) is 83.9 Å². The van der Waals surface area contributed by atoms with Gasteiger partial charge in [0.25, 0.3) is 0 Å². The van der Waals surface area contributed by atoms with E-state index in [2.05, 4.69) is 16.0 Å². The minimum atomic E-state index is -3.89. The summed E-state index contributed by atoms with van der Waals surface area (Å²) >= 11 is 1.71. The Morgan fingerprint density at radius 3 is 2.56 bits per heavy atom. The molecule has 0 amide bonds. The van der Waals surface area contributed by atoms with Crippen molar-refractivity contribution in [3.8, 4) is 0 Å². The van der Waals surface area contributed by atoms with Gasteiger partial charge < -0.3 is 4.74 Å². The van der Waals surface area contributed by atoms with Gasteiger partial charge in [-0.05, 0) is 35.2 Å². The number of rotatable bonds is 9. The first-order chi connectivity index (χ1) is 16.4. The van der Waals surface area contributed by atoms with E-state index in [1.54, 1.807) is 48.2 Å². The highest BCUT2D eigenvalue weighted by Crippen LogP contribution is 2.32. The van der Waals surface area contributed by atoms with Crippen molar-refractivity contribution in [2.75, 3.05) is 18.6 Å². The van der Waals surface area contributed by atoms with E-state index >= 15 is 0 Å².